The number of alkyl halides is 1. The van der Waals surface area contributed by atoms with Gasteiger partial charge < -0.3 is 9.47 Å². The lowest BCUT2D eigenvalue weighted by molar-refractivity contribution is -0.142. The molecule has 1 saturated heterocycles. The van der Waals surface area contributed by atoms with Gasteiger partial charge in [0.2, 0.25) is 0 Å². The summed E-state index contributed by atoms with van der Waals surface area (Å²) in [6.45, 7) is 6.46. The third kappa shape index (κ3) is 3.21. The van der Waals surface area contributed by atoms with Crippen molar-refractivity contribution in [2.24, 2.45) is 5.41 Å². The standard InChI is InChI=1S/C14H19ClO2/c1-11(12-6-4-3-5-7-12)13(15)17-10-14(2)8-16-9-14/h3-7,11,13H,8-10H2,1-2H3. The van der Waals surface area contributed by atoms with E-state index < -0.39 is 0 Å². The maximum Gasteiger partial charge on any atom is 0.137 e. The lowest BCUT2D eigenvalue weighted by atomic mass is 9.90. The molecule has 0 amide bonds. The van der Waals surface area contributed by atoms with E-state index in [0.717, 1.165) is 13.2 Å². The Morgan fingerprint density at radius 1 is 1.35 bits per heavy atom. The summed E-state index contributed by atoms with van der Waals surface area (Å²) in [5, 5.41) is 0. The van der Waals surface area contributed by atoms with Gasteiger partial charge in [-0.3, -0.25) is 0 Å². The van der Waals surface area contributed by atoms with Crippen LogP contribution in [0, 0.1) is 5.41 Å². The van der Waals surface area contributed by atoms with Gasteiger partial charge in [0, 0.05) is 11.3 Å². The second-order valence-electron chi connectivity index (χ2n) is 5.16. The molecule has 1 aromatic rings. The lowest BCUT2D eigenvalue weighted by Gasteiger charge is -2.38. The molecule has 2 nitrogen and oxygen atoms in total. The van der Waals surface area contributed by atoms with Gasteiger partial charge in [0.25, 0.3) is 0 Å². The number of ether oxygens (including phenoxy) is 2. The molecule has 0 bridgehead atoms. The van der Waals surface area contributed by atoms with E-state index in [1.807, 2.05) is 18.2 Å². The largest absolute Gasteiger partial charge is 0.380 e. The van der Waals surface area contributed by atoms with Crippen molar-refractivity contribution in [3.63, 3.8) is 0 Å². The molecule has 1 heterocycles. The van der Waals surface area contributed by atoms with Crippen molar-refractivity contribution in [1.82, 2.24) is 0 Å². The highest BCUT2D eigenvalue weighted by Crippen LogP contribution is 2.30. The van der Waals surface area contributed by atoms with E-state index in [0.29, 0.717) is 6.61 Å². The second kappa shape index (κ2) is 5.38. The topological polar surface area (TPSA) is 18.5 Å². The van der Waals surface area contributed by atoms with E-state index in [9.17, 15) is 0 Å². The average Bonchev–Trinajstić information content (AvgIpc) is 2.33. The number of benzene rings is 1. The van der Waals surface area contributed by atoms with E-state index >= 15 is 0 Å². The third-order valence-electron chi connectivity index (χ3n) is 3.21. The summed E-state index contributed by atoms with van der Waals surface area (Å²) in [7, 11) is 0. The van der Waals surface area contributed by atoms with Crippen LogP contribution in [0.25, 0.3) is 0 Å². The normalized spacial score (nSPS) is 21.6. The highest BCUT2D eigenvalue weighted by molar-refractivity contribution is 6.20. The van der Waals surface area contributed by atoms with Crippen LogP contribution in [0.4, 0.5) is 0 Å². The molecule has 94 valence electrons. The van der Waals surface area contributed by atoms with Gasteiger partial charge in [-0.25, -0.2) is 0 Å². The van der Waals surface area contributed by atoms with E-state index in [2.05, 4.69) is 26.0 Å². The first-order valence-corrected chi connectivity index (χ1v) is 6.43. The fourth-order valence-corrected chi connectivity index (χ4v) is 2.08. The number of rotatable bonds is 5. The molecule has 0 aliphatic carbocycles. The van der Waals surface area contributed by atoms with Crippen molar-refractivity contribution >= 4 is 11.6 Å². The zero-order valence-electron chi connectivity index (χ0n) is 10.4. The van der Waals surface area contributed by atoms with Gasteiger partial charge in [-0.15, -0.1) is 0 Å². The van der Waals surface area contributed by atoms with Gasteiger partial charge in [0.05, 0.1) is 19.8 Å². The van der Waals surface area contributed by atoms with Gasteiger partial charge >= 0.3 is 0 Å². The van der Waals surface area contributed by atoms with Gasteiger partial charge in [-0.1, -0.05) is 55.8 Å². The van der Waals surface area contributed by atoms with E-state index in [1.165, 1.54) is 5.56 Å². The van der Waals surface area contributed by atoms with Crippen molar-refractivity contribution < 1.29 is 9.47 Å². The Bertz CT molecular complexity index is 348. The van der Waals surface area contributed by atoms with Crippen LogP contribution in [0.5, 0.6) is 0 Å². The average molecular weight is 255 g/mol. The molecule has 1 fully saturated rings. The quantitative estimate of drug-likeness (QED) is 0.750. The molecule has 2 unspecified atom stereocenters. The fourth-order valence-electron chi connectivity index (χ4n) is 1.87. The van der Waals surface area contributed by atoms with Gasteiger partial charge in [0.1, 0.15) is 5.56 Å². The van der Waals surface area contributed by atoms with Crippen LogP contribution in [0.3, 0.4) is 0 Å². The zero-order valence-corrected chi connectivity index (χ0v) is 11.1. The fraction of sp³-hybridized carbons (Fsp3) is 0.571. The van der Waals surface area contributed by atoms with Crippen molar-refractivity contribution in [2.75, 3.05) is 19.8 Å². The summed E-state index contributed by atoms with van der Waals surface area (Å²) in [6, 6.07) is 10.2. The Morgan fingerprint density at radius 2 is 2.00 bits per heavy atom. The summed E-state index contributed by atoms with van der Waals surface area (Å²) in [5.41, 5.74) is 1.08. The first kappa shape index (κ1) is 12.9. The Labute approximate surface area is 108 Å². The Morgan fingerprint density at radius 3 is 2.53 bits per heavy atom. The van der Waals surface area contributed by atoms with Crippen LogP contribution in [0.15, 0.2) is 30.3 Å². The minimum absolute atomic E-state index is 0.156. The molecule has 2 rings (SSSR count). The molecule has 0 saturated carbocycles. The van der Waals surface area contributed by atoms with Crippen molar-refractivity contribution in [2.45, 2.75) is 25.3 Å². The molecule has 2 atom stereocenters. The monoisotopic (exact) mass is 254 g/mol. The Hall–Kier alpha value is -0.570. The molecule has 0 radical (unpaired) electrons. The van der Waals surface area contributed by atoms with Crippen LogP contribution in [-0.4, -0.2) is 25.4 Å². The highest BCUT2D eigenvalue weighted by atomic mass is 35.5. The van der Waals surface area contributed by atoms with Gasteiger partial charge in [0.15, 0.2) is 0 Å². The third-order valence-corrected chi connectivity index (χ3v) is 3.71. The predicted molar refractivity (Wildman–Crippen MR) is 69.4 cm³/mol. The van der Waals surface area contributed by atoms with Crippen LogP contribution >= 0.6 is 11.6 Å². The van der Waals surface area contributed by atoms with Crippen molar-refractivity contribution in [3.8, 4) is 0 Å². The summed E-state index contributed by atoms with van der Waals surface area (Å²) in [5.74, 6) is 0.197. The summed E-state index contributed by atoms with van der Waals surface area (Å²) >= 11 is 6.29. The van der Waals surface area contributed by atoms with Crippen molar-refractivity contribution in [1.29, 1.82) is 0 Å². The molecular weight excluding hydrogens is 236 g/mol. The summed E-state index contributed by atoms with van der Waals surface area (Å²) in [4.78, 5) is 0. The molecule has 3 heteroatoms. The van der Waals surface area contributed by atoms with Crippen LogP contribution < -0.4 is 0 Å². The molecule has 1 aromatic carbocycles. The van der Waals surface area contributed by atoms with Gasteiger partial charge in [-0.2, -0.15) is 0 Å². The number of halogens is 1. The SMILES string of the molecule is CC(c1ccccc1)C(Cl)OCC1(C)COC1. The molecule has 0 N–H and O–H groups in total. The predicted octanol–water partition coefficient (Wildman–Crippen LogP) is 3.41. The minimum Gasteiger partial charge on any atom is -0.380 e. The zero-order chi connectivity index (χ0) is 12.3. The summed E-state index contributed by atoms with van der Waals surface area (Å²) < 4.78 is 10.9. The Balaban J connectivity index is 1.85. The molecular formula is C14H19ClO2. The number of hydrogen-bond donors (Lipinski definition) is 0. The van der Waals surface area contributed by atoms with E-state index in [4.69, 9.17) is 21.1 Å². The smallest absolute Gasteiger partial charge is 0.137 e. The molecule has 17 heavy (non-hydrogen) atoms. The van der Waals surface area contributed by atoms with E-state index in [1.54, 1.807) is 0 Å². The molecule has 0 aromatic heterocycles. The summed E-state index contributed by atoms with van der Waals surface area (Å²) in [6.07, 6.45) is 0. The van der Waals surface area contributed by atoms with E-state index in [-0.39, 0.29) is 16.9 Å². The number of hydrogen-bond acceptors (Lipinski definition) is 2. The van der Waals surface area contributed by atoms with Crippen LogP contribution in [0.1, 0.15) is 25.3 Å². The molecule has 1 aliphatic rings. The minimum atomic E-state index is -0.283. The first-order chi connectivity index (χ1) is 8.11. The second-order valence-corrected chi connectivity index (χ2v) is 5.60. The first-order valence-electron chi connectivity index (χ1n) is 5.99. The maximum absolute atomic E-state index is 6.29. The maximum atomic E-state index is 6.29. The van der Waals surface area contributed by atoms with Crippen LogP contribution in [0.2, 0.25) is 0 Å². The molecule has 0 spiro atoms. The van der Waals surface area contributed by atoms with Crippen LogP contribution in [-0.2, 0) is 9.47 Å². The molecule has 1 aliphatic heterocycles. The lowest BCUT2D eigenvalue weighted by Crippen LogP contribution is -2.44. The van der Waals surface area contributed by atoms with Gasteiger partial charge in [-0.05, 0) is 5.56 Å². The highest BCUT2D eigenvalue weighted by Gasteiger charge is 2.34. The van der Waals surface area contributed by atoms with Crippen molar-refractivity contribution in [3.05, 3.63) is 35.9 Å². The Kier molecular flexibility index (Phi) is 4.08.